The number of methoxy groups -OCH3 is 2. The molecule has 1 aliphatic heterocycles. The molecule has 2 atom stereocenters. The molecule has 1 rings (SSSR count). The second kappa shape index (κ2) is 7.57. The van der Waals surface area contributed by atoms with Crippen LogP contribution >= 0.6 is 0 Å². The predicted octanol–water partition coefficient (Wildman–Crippen LogP) is 3.01. The Kier molecular flexibility index (Phi) is 6.73. The molecule has 0 spiro atoms. The van der Waals surface area contributed by atoms with Gasteiger partial charge in [0.1, 0.15) is 0 Å². The molecule has 1 saturated heterocycles. The molecular weight excluding hydrogens is 254 g/mol. The average molecular weight is 286 g/mol. The van der Waals surface area contributed by atoms with Crippen molar-refractivity contribution in [3.63, 3.8) is 0 Å². The van der Waals surface area contributed by atoms with E-state index in [0.29, 0.717) is 12.1 Å². The molecule has 0 saturated carbocycles. The zero-order chi connectivity index (χ0) is 14.5. The molecule has 112 valence electrons. The molecule has 0 aromatic rings. The van der Waals surface area contributed by atoms with Crippen LogP contribution in [0, 0.1) is 0 Å². The number of hydrogen-bond donors (Lipinski definition) is 0. The molecular formula is C15H31NO2Si. The van der Waals surface area contributed by atoms with Crippen LogP contribution in [-0.2, 0) is 9.47 Å². The molecule has 3 nitrogen and oxygen atoms in total. The third kappa shape index (κ3) is 5.77. The summed E-state index contributed by atoms with van der Waals surface area (Å²) in [5.74, 6) is 0. The Labute approximate surface area is 120 Å². The third-order valence-electron chi connectivity index (χ3n) is 3.68. The van der Waals surface area contributed by atoms with Crippen LogP contribution in [0.5, 0.6) is 0 Å². The van der Waals surface area contributed by atoms with Gasteiger partial charge in [-0.2, -0.15) is 0 Å². The fourth-order valence-corrected chi connectivity index (χ4v) is 4.69. The summed E-state index contributed by atoms with van der Waals surface area (Å²) in [7, 11) is 2.52. The van der Waals surface area contributed by atoms with Crippen LogP contribution in [-0.4, -0.2) is 59.0 Å². The molecule has 0 amide bonds. The van der Waals surface area contributed by atoms with Gasteiger partial charge >= 0.3 is 0 Å². The Morgan fingerprint density at radius 3 is 1.95 bits per heavy atom. The van der Waals surface area contributed by atoms with Crippen molar-refractivity contribution in [2.24, 2.45) is 0 Å². The van der Waals surface area contributed by atoms with Gasteiger partial charge in [-0.05, 0) is 18.9 Å². The monoisotopic (exact) mass is 285 g/mol. The van der Waals surface area contributed by atoms with E-state index in [-0.39, 0.29) is 0 Å². The Morgan fingerprint density at radius 1 is 1.11 bits per heavy atom. The lowest BCUT2D eigenvalue weighted by Crippen LogP contribution is -2.42. The number of hydrogen-bond acceptors (Lipinski definition) is 3. The van der Waals surface area contributed by atoms with E-state index in [1.54, 1.807) is 14.2 Å². The summed E-state index contributed by atoms with van der Waals surface area (Å²) >= 11 is 0. The summed E-state index contributed by atoms with van der Waals surface area (Å²) in [4.78, 5) is 2.55. The van der Waals surface area contributed by atoms with Crippen molar-refractivity contribution in [3.8, 4) is 0 Å². The zero-order valence-corrected chi connectivity index (χ0v) is 14.4. The van der Waals surface area contributed by atoms with E-state index in [1.807, 2.05) is 0 Å². The molecule has 1 fully saturated rings. The molecule has 0 radical (unpaired) electrons. The summed E-state index contributed by atoms with van der Waals surface area (Å²) in [6.07, 6.45) is 2.42. The van der Waals surface area contributed by atoms with Gasteiger partial charge in [0.05, 0.1) is 13.2 Å². The first-order chi connectivity index (χ1) is 8.87. The van der Waals surface area contributed by atoms with E-state index in [2.05, 4.69) is 31.1 Å². The minimum absolute atomic E-state index is 0.531. The van der Waals surface area contributed by atoms with Crippen molar-refractivity contribution in [2.45, 2.75) is 50.6 Å². The smallest absolute Gasteiger partial charge is 0.0618 e. The molecule has 0 N–H and O–H groups in total. The third-order valence-corrected chi connectivity index (χ3v) is 5.24. The van der Waals surface area contributed by atoms with E-state index in [9.17, 15) is 0 Å². The van der Waals surface area contributed by atoms with Gasteiger partial charge in [0.25, 0.3) is 0 Å². The standard InChI is InChI=1S/C15H31NO2Si/c1-13(12-19(4,5)6)9-16-14(10-17-2)7-8-15(16)11-18-3/h14-15H,1,7-12H2,2-6H3/t14-,15+. The molecule has 0 aromatic heterocycles. The quantitative estimate of drug-likeness (QED) is 0.505. The van der Waals surface area contributed by atoms with Gasteiger partial charge in [-0.15, -0.1) is 0 Å². The Hall–Kier alpha value is -0.163. The number of ether oxygens (including phenoxy) is 2. The van der Waals surface area contributed by atoms with Crippen LogP contribution in [0.1, 0.15) is 12.8 Å². The summed E-state index contributed by atoms with van der Waals surface area (Å²) in [5, 5.41) is 0. The van der Waals surface area contributed by atoms with Gasteiger partial charge in [0, 0.05) is 40.9 Å². The van der Waals surface area contributed by atoms with E-state index in [4.69, 9.17) is 9.47 Å². The minimum atomic E-state index is -1.06. The molecule has 0 aliphatic carbocycles. The Balaban J connectivity index is 2.60. The van der Waals surface area contributed by atoms with Crippen molar-refractivity contribution in [1.29, 1.82) is 0 Å². The van der Waals surface area contributed by atoms with Gasteiger partial charge in [-0.1, -0.05) is 31.8 Å². The minimum Gasteiger partial charge on any atom is -0.383 e. The van der Waals surface area contributed by atoms with E-state index >= 15 is 0 Å². The molecule has 19 heavy (non-hydrogen) atoms. The Bertz CT molecular complexity index is 274. The lowest BCUT2D eigenvalue weighted by atomic mass is 10.2. The summed E-state index contributed by atoms with van der Waals surface area (Å²) in [5.41, 5.74) is 1.38. The fraction of sp³-hybridized carbons (Fsp3) is 0.867. The van der Waals surface area contributed by atoms with Crippen molar-refractivity contribution in [1.82, 2.24) is 4.90 Å². The summed E-state index contributed by atoms with van der Waals surface area (Å²) < 4.78 is 10.7. The number of nitrogens with zero attached hydrogens (tertiary/aromatic N) is 1. The van der Waals surface area contributed by atoms with Gasteiger partial charge in [-0.25, -0.2) is 0 Å². The van der Waals surface area contributed by atoms with Crippen LogP contribution < -0.4 is 0 Å². The van der Waals surface area contributed by atoms with Crippen LogP contribution in [0.3, 0.4) is 0 Å². The lowest BCUT2D eigenvalue weighted by molar-refractivity contribution is 0.0691. The maximum absolute atomic E-state index is 5.36. The van der Waals surface area contributed by atoms with E-state index < -0.39 is 8.07 Å². The topological polar surface area (TPSA) is 21.7 Å². The van der Waals surface area contributed by atoms with Crippen LogP contribution in [0.15, 0.2) is 12.2 Å². The highest BCUT2D eigenvalue weighted by atomic mass is 28.3. The second-order valence-electron chi connectivity index (χ2n) is 6.96. The molecule has 0 bridgehead atoms. The highest BCUT2D eigenvalue weighted by molar-refractivity contribution is 6.76. The zero-order valence-electron chi connectivity index (χ0n) is 13.4. The van der Waals surface area contributed by atoms with Gasteiger partial charge in [0.2, 0.25) is 0 Å². The first-order valence-corrected chi connectivity index (χ1v) is 11.0. The SMILES string of the molecule is C=C(CN1[C@@H](COC)CC[C@H]1COC)C[Si](C)(C)C. The first kappa shape index (κ1) is 16.9. The van der Waals surface area contributed by atoms with Crippen molar-refractivity contribution < 1.29 is 9.47 Å². The average Bonchev–Trinajstić information content (AvgIpc) is 2.61. The highest BCUT2D eigenvalue weighted by Gasteiger charge is 2.33. The first-order valence-electron chi connectivity index (χ1n) is 7.27. The fourth-order valence-electron chi connectivity index (χ4n) is 3.08. The Morgan fingerprint density at radius 2 is 1.58 bits per heavy atom. The van der Waals surface area contributed by atoms with Crippen LogP contribution in [0.25, 0.3) is 0 Å². The maximum atomic E-state index is 5.36. The van der Waals surface area contributed by atoms with Crippen LogP contribution in [0.2, 0.25) is 25.7 Å². The largest absolute Gasteiger partial charge is 0.383 e. The van der Waals surface area contributed by atoms with Crippen molar-refractivity contribution in [3.05, 3.63) is 12.2 Å². The molecule has 1 heterocycles. The van der Waals surface area contributed by atoms with Crippen LogP contribution in [0.4, 0.5) is 0 Å². The van der Waals surface area contributed by atoms with Gasteiger partial charge in [0.15, 0.2) is 0 Å². The highest BCUT2D eigenvalue weighted by Crippen LogP contribution is 2.27. The second-order valence-corrected chi connectivity index (χ2v) is 12.4. The van der Waals surface area contributed by atoms with E-state index in [0.717, 1.165) is 19.8 Å². The molecule has 4 heteroatoms. The van der Waals surface area contributed by atoms with Crippen molar-refractivity contribution in [2.75, 3.05) is 34.0 Å². The molecule has 1 aliphatic rings. The molecule has 0 unspecified atom stereocenters. The van der Waals surface area contributed by atoms with Gasteiger partial charge in [-0.3, -0.25) is 4.90 Å². The molecule has 0 aromatic carbocycles. The lowest BCUT2D eigenvalue weighted by Gasteiger charge is -2.31. The summed E-state index contributed by atoms with van der Waals surface area (Å²) in [6.45, 7) is 14.2. The predicted molar refractivity (Wildman–Crippen MR) is 84.6 cm³/mol. The number of likely N-dealkylation sites (tertiary alicyclic amines) is 1. The normalized spacial score (nSPS) is 24.9. The number of rotatable bonds is 8. The summed E-state index contributed by atoms with van der Waals surface area (Å²) in [6, 6.07) is 2.27. The van der Waals surface area contributed by atoms with Gasteiger partial charge < -0.3 is 9.47 Å². The maximum Gasteiger partial charge on any atom is 0.0618 e. The van der Waals surface area contributed by atoms with E-state index in [1.165, 1.54) is 24.5 Å². The van der Waals surface area contributed by atoms with Crippen molar-refractivity contribution >= 4 is 8.07 Å².